The van der Waals surface area contributed by atoms with Gasteiger partial charge >= 0.3 is 0 Å². The number of rotatable bonds is 5. The topological polar surface area (TPSA) is 235 Å². The summed E-state index contributed by atoms with van der Waals surface area (Å²) in [6.45, 7) is 20.5. The molecule has 0 radical (unpaired) electrons. The number of aromatic amines is 1. The number of carbonyl (C=O) groups excluding carboxylic acids is 3. The highest BCUT2D eigenvalue weighted by Gasteiger charge is 2.29. The lowest BCUT2D eigenvalue weighted by atomic mass is 10.1. The van der Waals surface area contributed by atoms with Crippen LogP contribution in [-0.4, -0.2) is 90.9 Å². The van der Waals surface area contributed by atoms with Crippen molar-refractivity contribution in [2.75, 3.05) is 25.0 Å². The highest BCUT2D eigenvalue weighted by atomic mass is 32.1. The number of aryl methyl sites for hydroxylation is 1. The lowest BCUT2D eigenvalue weighted by Gasteiger charge is -2.09. The molecule has 4 aromatic heterocycles. The largest absolute Gasteiger partial charge is 0.379 e. The molecule has 4 aromatic rings. The maximum atomic E-state index is 11.4. The molecule has 2 atom stereocenters. The quantitative estimate of drug-likeness (QED) is 0.0619. The molecule has 3 saturated carbocycles. The number of ketones is 3. The number of nitrogens with zero attached hydrogens (tertiary/aromatic N) is 7. The van der Waals surface area contributed by atoms with E-state index < -0.39 is 0 Å². The number of hydrogen-bond acceptors (Lipinski definition) is 14. The highest BCUT2D eigenvalue weighted by Crippen LogP contribution is 2.26. The summed E-state index contributed by atoms with van der Waals surface area (Å²) in [7, 11) is 0. The van der Waals surface area contributed by atoms with E-state index in [-0.39, 0.29) is 33.6 Å². The van der Waals surface area contributed by atoms with Crippen molar-refractivity contribution in [3.63, 3.8) is 0 Å². The van der Waals surface area contributed by atoms with E-state index in [0.717, 1.165) is 88.2 Å². The Labute approximate surface area is 440 Å². The lowest BCUT2D eigenvalue weighted by Crippen LogP contribution is -2.30. The van der Waals surface area contributed by atoms with Gasteiger partial charge in [-0.05, 0) is 90.4 Å². The Morgan fingerprint density at radius 1 is 0.723 bits per heavy atom. The zero-order valence-corrected chi connectivity index (χ0v) is 42.4. The molecule has 0 spiro atoms. The van der Waals surface area contributed by atoms with Crippen molar-refractivity contribution >= 4 is 74.9 Å². The SMILES string of the molecule is C.CC.CC.CC.CCN.CCNC(=S)C1CCCC1=O.CCNc1n[nH]c2c1CCC2.NN.O=C1CCCC1.O=C1CCCC1C(=S)n1ccnc1.S=C(n1ccnc1)n1ccnc1.[3HH].[3HH].[3HH].[3H][3H].[3H][3H].[3H][3H].[3H][3H].[3H][3H].[3H][3H].[3H][3H].[3H][3H].[HH].[HH].[HH]. The van der Waals surface area contributed by atoms with Crippen LogP contribution in [0.5, 0.6) is 0 Å². The summed E-state index contributed by atoms with van der Waals surface area (Å²) in [5.41, 5.74) is 7.59. The summed E-state index contributed by atoms with van der Waals surface area (Å²) in [6, 6.07) is 0. The fourth-order valence-corrected chi connectivity index (χ4v) is 7.28. The molecule has 0 aliphatic heterocycles. The predicted octanol–water partition coefficient (Wildman–Crippen LogP) is 11.9. The molecule has 0 amide bonds. The van der Waals surface area contributed by atoms with Gasteiger partial charge in [0.2, 0.25) is 0 Å². The van der Waals surface area contributed by atoms with Crippen molar-refractivity contribution in [2.45, 2.75) is 153 Å². The summed E-state index contributed by atoms with van der Waals surface area (Å²) in [4.78, 5) is 45.9. The third-order valence-corrected chi connectivity index (χ3v) is 10.4. The van der Waals surface area contributed by atoms with Gasteiger partial charge in [0.05, 0.1) is 28.1 Å². The van der Waals surface area contributed by atoms with Gasteiger partial charge in [-0.1, -0.05) is 80.3 Å². The van der Waals surface area contributed by atoms with Gasteiger partial charge in [-0.15, -0.1) is 0 Å². The molecule has 0 saturated heterocycles. The molecular weight excluding hydrogens is 879 g/mol. The predicted molar refractivity (Wildman–Crippen MR) is 311 cm³/mol. The molecule has 2 unspecified atom stereocenters. The molecule has 0 aromatic carbocycles. The van der Waals surface area contributed by atoms with Crippen molar-refractivity contribution < 1.29 is 46.7 Å². The number of aromatic nitrogens is 8. The summed E-state index contributed by atoms with van der Waals surface area (Å²) < 4.78 is 85.2. The van der Waals surface area contributed by atoms with E-state index in [0.29, 0.717) is 28.1 Å². The number of fused-ring (bicyclic) bond motifs is 1. The van der Waals surface area contributed by atoms with Crippen LogP contribution in [0.25, 0.3) is 0 Å². The van der Waals surface area contributed by atoms with Crippen LogP contribution in [0, 0.1) is 11.8 Å². The van der Waals surface area contributed by atoms with Gasteiger partial charge in [0.15, 0.2) is 10.9 Å². The number of imidazole rings is 3. The number of hydrazine groups is 1. The molecule has 4 aliphatic rings. The molecule has 0 bridgehead atoms. The van der Waals surface area contributed by atoms with Crippen molar-refractivity contribution in [3.05, 3.63) is 67.4 Å². The zero-order valence-electron chi connectivity index (χ0n) is 56.0. The molecule has 65 heavy (non-hydrogen) atoms. The monoisotopic (exact) mass is 1030 g/mol. The first-order valence-corrected chi connectivity index (χ1v) is 24.1. The first-order valence-electron chi connectivity index (χ1n) is 30.9. The van der Waals surface area contributed by atoms with E-state index in [2.05, 4.69) is 54.4 Å². The number of thiocarbonyl (C=S) groups is 3. The van der Waals surface area contributed by atoms with E-state index in [4.69, 9.17) is 66.1 Å². The molecule has 396 valence electrons. The van der Waals surface area contributed by atoms with Crippen LogP contribution in [0.1, 0.15) is 184 Å². The Kier molecular flexibility index (Phi) is 32.5. The standard InChI is InChI=1S/C9H10N2OS.C8H13N3.C8H13NOS.C7H6N4S.C5H8O.C2H7N.3C2H6.CH4.H4N2.14H2/c12-8-3-1-2-7(8)9(13)11-5-4-10-6-11;1-2-9-8-6-4-3-5-7(6)10-11-8;1-2-9-8(11)6-4-3-5-7(6)10;12-7(10-3-1-8-5-10)11-4-2-9-6-11;6-5-3-1-2-4-5;1-2-3;3*1-2;;1-2;;;;;;;;;;;;;;/h4-7H,1-3H2;2-5H2,1H3,(H2,9,10,11);6H,2-5H2,1H3,(H,9,11);1-6H;1-4H2;2-3H2,1H3;3*1-2H3;1H4;1-2H2;14*1H/i;;;;;;;;;;;8*1+2T;3*1+2;;;. The van der Waals surface area contributed by atoms with Gasteiger partial charge in [0, 0.05) is 120 Å². The van der Waals surface area contributed by atoms with E-state index in [9.17, 15) is 14.4 Å². The summed E-state index contributed by atoms with van der Waals surface area (Å²) in [6.07, 6.45) is 28.2. The van der Waals surface area contributed by atoms with Gasteiger partial charge in [0.1, 0.15) is 30.0 Å². The summed E-state index contributed by atoms with van der Waals surface area (Å²) in [5, 5.41) is 14.2. The summed E-state index contributed by atoms with van der Waals surface area (Å²) in [5.74, 6) is 10.1. The van der Waals surface area contributed by atoms with Crippen LogP contribution < -0.4 is 28.1 Å². The van der Waals surface area contributed by atoms with Gasteiger partial charge in [-0.3, -0.25) is 44.9 Å². The number of Topliss-reactive ketones (excluding diaryl/α,β-unsaturated/α-hetero) is 3. The Hall–Kier alpha value is -4.40. The summed E-state index contributed by atoms with van der Waals surface area (Å²) >= 11 is 15.4. The Balaban J connectivity index is -0.0000000422. The van der Waals surface area contributed by atoms with Crippen LogP contribution in [0.2, 0.25) is 0 Å². The maximum absolute atomic E-state index is 11.4. The van der Waals surface area contributed by atoms with E-state index in [1.165, 1.54) is 30.5 Å². The van der Waals surface area contributed by atoms with Crippen LogP contribution in [0.3, 0.4) is 0 Å². The van der Waals surface area contributed by atoms with Gasteiger partial charge < -0.3 is 16.4 Å². The van der Waals surface area contributed by atoms with Crippen LogP contribution in [0.15, 0.2) is 56.2 Å². The normalized spacial score (nSPS) is 16.5. The minimum Gasteiger partial charge on any atom is -0.379 e. The Morgan fingerprint density at radius 3 is 1.55 bits per heavy atom. The van der Waals surface area contributed by atoms with E-state index >= 15 is 0 Å². The number of nitrogens with one attached hydrogen (secondary N) is 3. The maximum Gasteiger partial charge on any atom is 0.190 e. The van der Waals surface area contributed by atoms with Gasteiger partial charge in [-0.25, -0.2) is 15.0 Å². The highest BCUT2D eigenvalue weighted by molar-refractivity contribution is 7.80. The van der Waals surface area contributed by atoms with Crippen molar-refractivity contribution in [3.8, 4) is 0 Å². The molecule has 4 heterocycles. The van der Waals surface area contributed by atoms with E-state index in [1.807, 2.05) is 55.4 Å². The molecule has 16 nitrogen and oxygen atoms in total. The van der Waals surface area contributed by atoms with Crippen LogP contribution in [-0.2, 0) is 27.2 Å². The molecule has 4 aliphatic carbocycles. The average molecular weight is 1030 g/mol. The number of hydrogen-bond donors (Lipinski definition) is 6. The first-order chi connectivity index (χ1) is 39.1. The van der Waals surface area contributed by atoms with E-state index in [1.54, 1.807) is 69.9 Å². The first kappa shape index (κ1) is 50.0. The minimum atomic E-state index is -0.0517. The number of H-pyrrole nitrogens is 1. The smallest absolute Gasteiger partial charge is 0.190 e. The molecule has 8 rings (SSSR count). The molecule has 9 N–H and O–H groups in total. The fraction of sp³-hybridized carbons (Fsp3) is 0.609. The number of anilines is 1. The van der Waals surface area contributed by atoms with Gasteiger partial charge in [0.25, 0.3) is 0 Å². The van der Waals surface area contributed by atoms with Crippen molar-refractivity contribution in [2.24, 2.45) is 29.3 Å². The zero-order chi connectivity index (χ0) is 64.7. The second-order valence-corrected chi connectivity index (χ2v) is 14.5. The number of nitrogens with two attached hydrogens (primary N) is 3. The van der Waals surface area contributed by atoms with Gasteiger partial charge in [-0.2, -0.15) is 5.10 Å². The molecular formula is C46H111N13O3S3. The lowest BCUT2D eigenvalue weighted by molar-refractivity contribution is -0.119. The number of carbonyl (C=O) groups is 3. The average Bonchev–Trinajstić information content (AvgIpc) is 4.38. The minimum absolute atomic E-state index is 0. The second kappa shape index (κ2) is 42.2. The van der Waals surface area contributed by atoms with Crippen molar-refractivity contribution in [1.29, 1.82) is 0 Å². The fourth-order valence-electron chi connectivity index (χ4n) is 6.32. The molecule has 3 fully saturated rings. The van der Waals surface area contributed by atoms with Crippen LogP contribution >= 0.6 is 36.7 Å². The Bertz CT molecular complexity index is 1820. The van der Waals surface area contributed by atoms with Crippen molar-refractivity contribution in [1.82, 2.24) is 44.2 Å². The Morgan fingerprint density at radius 2 is 1.18 bits per heavy atom. The molecule has 19 heteroatoms. The second-order valence-electron chi connectivity index (χ2n) is 13.3. The third kappa shape index (κ3) is 25.2. The third-order valence-electron chi connectivity index (χ3n) is 9.10. The van der Waals surface area contributed by atoms with Crippen LogP contribution in [0.4, 0.5) is 5.82 Å².